The highest BCUT2D eigenvalue weighted by Crippen LogP contribution is 2.21. The Morgan fingerprint density at radius 2 is 2.00 bits per heavy atom. The lowest BCUT2D eigenvalue weighted by Gasteiger charge is -2.11. The zero-order chi connectivity index (χ0) is 12.8. The van der Waals surface area contributed by atoms with E-state index in [1.165, 1.54) is 5.56 Å². The van der Waals surface area contributed by atoms with Gasteiger partial charge in [0.15, 0.2) is 0 Å². The van der Waals surface area contributed by atoms with Crippen molar-refractivity contribution in [2.75, 3.05) is 19.0 Å². The van der Waals surface area contributed by atoms with E-state index >= 15 is 0 Å². The normalized spacial score (nSPS) is 10.3. The van der Waals surface area contributed by atoms with E-state index in [0.717, 1.165) is 22.5 Å². The van der Waals surface area contributed by atoms with E-state index in [4.69, 9.17) is 4.74 Å². The summed E-state index contributed by atoms with van der Waals surface area (Å²) in [6, 6.07) is 14.0. The molecule has 0 fully saturated rings. The molecule has 1 aromatic carbocycles. The van der Waals surface area contributed by atoms with Crippen LogP contribution in [-0.2, 0) is 11.2 Å². The second-order valence-corrected chi connectivity index (χ2v) is 4.68. The van der Waals surface area contributed by atoms with Gasteiger partial charge < -0.3 is 10.1 Å². The molecule has 0 radical (unpaired) electrons. The maximum Gasteiger partial charge on any atom is 0.131 e. The van der Waals surface area contributed by atoms with Crippen LogP contribution >= 0.6 is 15.9 Å². The van der Waals surface area contributed by atoms with E-state index in [1.54, 1.807) is 7.11 Å². The summed E-state index contributed by atoms with van der Waals surface area (Å²) in [5, 5.41) is 3.33. The molecule has 0 bridgehead atoms. The minimum Gasteiger partial charge on any atom is -0.384 e. The quantitative estimate of drug-likeness (QED) is 0.854. The number of nitrogens with one attached hydrogen (secondary N) is 1. The summed E-state index contributed by atoms with van der Waals surface area (Å²) in [6.07, 6.45) is 0.883. The molecule has 18 heavy (non-hydrogen) atoms. The highest BCUT2D eigenvalue weighted by atomic mass is 79.9. The number of anilines is 2. The summed E-state index contributed by atoms with van der Waals surface area (Å²) < 4.78 is 5.94. The number of rotatable bonds is 5. The summed E-state index contributed by atoms with van der Waals surface area (Å²) in [4.78, 5) is 4.36. The zero-order valence-electron chi connectivity index (χ0n) is 10.2. The lowest BCUT2D eigenvalue weighted by Crippen LogP contribution is -2.01. The lowest BCUT2D eigenvalue weighted by atomic mass is 10.1. The Bertz CT molecular complexity index is 517. The van der Waals surface area contributed by atoms with E-state index in [9.17, 15) is 0 Å². The fraction of sp³-hybridized carbons (Fsp3) is 0.214. The van der Waals surface area contributed by atoms with Gasteiger partial charge in [-0.1, -0.05) is 24.3 Å². The number of halogens is 1. The van der Waals surface area contributed by atoms with Crippen LogP contribution < -0.4 is 5.32 Å². The van der Waals surface area contributed by atoms with Crippen LogP contribution in [0.15, 0.2) is 47.1 Å². The van der Waals surface area contributed by atoms with Crippen molar-refractivity contribution >= 4 is 27.4 Å². The van der Waals surface area contributed by atoms with Gasteiger partial charge in [0.2, 0.25) is 0 Å². The average molecular weight is 307 g/mol. The molecule has 0 amide bonds. The molecule has 2 rings (SSSR count). The molecule has 1 aromatic heterocycles. The van der Waals surface area contributed by atoms with Crippen molar-refractivity contribution in [3.8, 4) is 0 Å². The van der Waals surface area contributed by atoms with Gasteiger partial charge in [0.25, 0.3) is 0 Å². The number of hydrogen-bond acceptors (Lipinski definition) is 3. The monoisotopic (exact) mass is 306 g/mol. The molecule has 1 heterocycles. The largest absolute Gasteiger partial charge is 0.384 e. The maximum atomic E-state index is 5.12. The van der Waals surface area contributed by atoms with Crippen LogP contribution in [0, 0.1) is 0 Å². The molecule has 1 N–H and O–H groups in total. The number of benzene rings is 1. The van der Waals surface area contributed by atoms with Crippen LogP contribution in [0.1, 0.15) is 5.56 Å². The first-order chi connectivity index (χ1) is 8.79. The van der Waals surface area contributed by atoms with Crippen LogP contribution in [0.4, 0.5) is 11.5 Å². The summed E-state index contributed by atoms with van der Waals surface area (Å²) in [6.45, 7) is 0.713. The molecule has 94 valence electrons. The Kier molecular flexibility index (Phi) is 4.73. The predicted molar refractivity (Wildman–Crippen MR) is 77.2 cm³/mol. The molecular formula is C14H15BrN2O. The Balaban J connectivity index is 2.17. The van der Waals surface area contributed by atoms with Gasteiger partial charge in [-0.05, 0) is 46.1 Å². The van der Waals surface area contributed by atoms with Gasteiger partial charge in [0, 0.05) is 12.8 Å². The van der Waals surface area contributed by atoms with Crippen LogP contribution in [0.5, 0.6) is 0 Å². The molecule has 4 heteroatoms. The fourth-order valence-electron chi connectivity index (χ4n) is 1.69. The van der Waals surface area contributed by atoms with Crippen molar-refractivity contribution in [1.82, 2.24) is 4.98 Å². The molecule has 0 aliphatic rings. The standard InChI is InChI=1S/C14H15BrN2O/c1-18-10-9-11-5-2-3-6-12(11)16-14-8-4-7-13(15)17-14/h2-8H,9-10H2,1H3,(H,16,17). The molecule has 0 atom stereocenters. The maximum absolute atomic E-state index is 5.12. The SMILES string of the molecule is COCCc1ccccc1Nc1cccc(Br)n1. The predicted octanol–water partition coefficient (Wildman–Crippen LogP) is 3.78. The summed E-state index contributed by atoms with van der Waals surface area (Å²) in [7, 11) is 1.71. The van der Waals surface area contributed by atoms with Gasteiger partial charge in [-0.15, -0.1) is 0 Å². The van der Waals surface area contributed by atoms with Crippen molar-refractivity contribution in [3.05, 3.63) is 52.6 Å². The lowest BCUT2D eigenvalue weighted by molar-refractivity contribution is 0.202. The third-order valence-corrected chi connectivity index (χ3v) is 3.01. The second kappa shape index (κ2) is 6.52. The number of para-hydroxylation sites is 1. The highest BCUT2D eigenvalue weighted by molar-refractivity contribution is 9.10. The molecule has 0 unspecified atom stereocenters. The Labute approximate surface area is 115 Å². The minimum atomic E-state index is 0.713. The minimum absolute atomic E-state index is 0.713. The van der Waals surface area contributed by atoms with Gasteiger partial charge in [0.1, 0.15) is 10.4 Å². The first kappa shape index (κ1) is 13.1. The average Bonchev–Trinajstić information content (AvgIpc) is 2.38. The highest BCUT2D eigenvalue weighted by Gasteiger charge is 2.03. The molecule has 3 nitrogen and oxygen atoms in total. The van der Waals surface area contributed by atoms with Crippen molar-refractivity contribution in [2.24, 2.45) is 0 Å². The Hall–Kier alpha value is -1.39. The Morgan fingerprint density at radius 1 is 1.17 bits per heavy atom. The first-order valence-electron chi connectivity index (χ1n) is 5.76. The summed E-state index contributed by atoms with van der Waals surface area (Å²) >= 11 is 3.36. The molecule has 0 spiro atoms. The molecule has 0 saturated carbocycles. The van der Waals surface area contributed by atoms with Crippen LogP contribution in [-0.4, -0.2) is 18.7 Å². The zero-order valence-corrected chi connectivity index (χ0v) is 11.8. The number of nitrogens with zero attached hydrogens (tertiary/aromatic N) is 1. The third kappa shape index (κ3) is 3.55. The number of ether oxygens (including phenoxy) is 1. The van der Waals surface area contributed by atoms with Crippen molar-refractivity contribution < 1.29 is 4.74 Å². The van der Waals surface area contributed by atoms with Crippen LogP contribution in [0.3, 0.4) is 0 Å². The molecule has 0 saturated heterocycles. The summed E-state index contributed by atoms with van der Waals surface area (Å²) in [5.74, 6) is 0.828. The van der Waals surface area contributed by atoms with Gasteiger partial charge in [-0.2, -0.15) is 0 Å². The van der Waals surface area contributed by atoms with E-state index in [2.05, 4.69) is 32.3 Å². The molecule has 2 aromatic rings. The van der Waals surface area contributed by atoms with Crippen molar-refractivity contribution in [2.45, 2.75) is 6.42 Å². The molecular weight excluding hydrogens is 292 g/mol. The fourth-order valence-corrected chi connectivity index (χ4v) is 2.03. The second-order valence-electron chi connectivity index (χ2n) is 3.87. The van der Waals surface area contributed by atoms with Gasteiger partial charge in [-0.25, -0.2) is 4.98 Å². The topological polar surface area (TPSA) is 34.1 Å². The molecule has 0 aliphatic heterocycles. The number of pyridine rings is 1. The van der Waals surface area contributed by atoms with Crippen LogP contribution in [0.25, 0.3) is 0 Å². The number of methoxy groups -OCH3 is 1. The number of aromatic nitrogens is 1. The molecule has 0 aliphatic carbocycles. The Morgan fingerprint density at radius 3 is 2.78 bits per heavy atom. The summed E-state index contributed by atoms with van der Waals surface area (Å²) in [5.41, 5.74) is 2.29. The third-order valence-electron chi connectivity index (χ3n) is 2.57. The van der Waals surface area contributed by atoms with E-state index in [-0.39, 0.29) is 0 Å². The van der Waals surface area contributed by atoms with Crippen LogP contribution in [0.2, 0.25) is 0 Å². The smallest absolute Gasteiger partial charge is 0.131 e. The van der Waals surface area contributed by atoms with Crippen molar-refractivity contribution in [3.63, 3.8) is 0 Å². The number of hydrogen-bond donors (Lipinski definition) is 1. The van der Waals surface area contributed by atoms with Crippen molar-refractivity contribution in [1.29, 1.82) is 0 Å². The van der Waals surface area contributed by atoms with Gasteiger partial charge >= 0.3 is 0 Å². The van der Waals surface area contributed by atoms with E-state index in [0.29, 0.717) is 6.61 Å². The van der Waals surface area contributed by atoms with E-state index < -0.39 is 0 Å². The van der Waals surface area contributed by atoms with Gasteiger partial charge in [0.05, 0.1) is 6.61 Å². The first-order valence-corrected chi connectivity index (χ1v) is 6.55. The van der Waals surface area contributed by atoms with Gasteiger partial charge in [-0.3, -0.25) is 0 Å². The van der Waals surface area contributed by atoms with E-state index in [1.807, 2.05) is 36.4 Å².